The van der Waals surface area contributed by atoms with E-state index in [9.17, 15) is 0 Å². The molecule has 0 saturated carbocycles. The smallest absolute Gasteiger partial charge is 0.0957 e. The van der Waals surface area contributed by atoms with Gasteiger partial charge in [-0.25, -0.2) is 0 Å². The highest BCUT2D eigenvalue weighted by atomic mass is 15.0. The van der Waals surface area contributed by atoms with E-state index in [4.69, 9.17) is 11.5 Å². The van der Waals surface area contributed by atoms with Gasteiger partial charge < -0.3 is 11.5 Å². The minimum Gasteiger partial charge on any atom is -0.387 e. The monoisotopic (exact) mass is 127 g/mol. The molecule has 0 aliphatic carbocycles. The Bertz CT molecular complexity index is 130. The number of nitrogens with two attached hydrogens (primary N) is 2. The highest BCUT2D eigenvalue weighted by molar-refractivity contribution is 5.83. The summed E-state index contributed by atoms with van der Waals surface area (Å²) in [6, 6.07) is 0.458. The fourth-order valence-corrected chi connectivity index (χ4v) is 1.13. The van der Waals surface area contributed by atoms with Gasteiger partial charge in [0.1, 0.15) is 0 Å². The molecule has 0 radical (unpaired) electrons. The lowest BCUT2D eigenvalue weighted by atomic mass is 10.1. The number of hydrogen-bond acceptors (Lipinski definition) is 3. The van der Waals surface area contributed by atoms with Crippen molar-refractivity contribution >= 4 is 5.84 Å². The molecule has 0 spiro atoms. The van der Waals surface area contributed by atoms with Crippen LogP contribution in [-0.2, 0) is 0 Å². The van der Waals surface area contributed by atoms with Crippen molar-refractivity contribution in [3.8, 4) is 0 Å². The molecule has 4 N–H and O–H groups in total. The summed E-state index contributed by atoms with van der Waals surface area (Å²) in [7, 11) is 0. The number of rotatable bonds is 1. The third-order valence-electron chi connectivity index (χ3n) is 1.69. The molecule has 0 amide bonds. The summed E-state index contributed by atoms with van der Waals surface area (Å²) in [4.78, 5) is 4.16. The third-order valence-corrected chi connectivity index (χ3v) is 1.69. The van der Waals surface area contributed by atoms with Crippen LogP contribution in [0.4, 0.5) is 0 Å². The zero-order chi connectivity index (χ0) is 6.85. The average molecular weight is 127 g/mol. The zero-order valence-corrected chi connectivity index (χ0v) is 5.67. The van der Waals surface area contributed by atoms with Gasteiger partial charge >= 0.3 is 0 Å². The Morgan fingerprint density at radius 1 is 1.78 bits per heavy atom. The van der Waals surface area contributed by atoms with Gasteiger partial charge in [0.25, 0.3) is 0 Å². The van der Waals surface area contributed by atoms with Crippen molar-refractivity contribution in [3.05, 3.63) is 0 Å². The normalized spacial score (nSPS) is 34.7. The molecule has 0 aromatic rings. The fraction of sp³-hybridized carbons (Fsp3) is 0.833. The van der Waals surface area contributed by atoms with Gasteiger partial charge in [0.05, 0.1) is 11.9 Å². The van der Waals surface area contributed by atoms with Crippen molar-refractivity contribution < 1.29 is 0 Å². The topological polar surface area (TPSA) is 64.4 Å². The van der Waals surface area contributed by atoms with Crippen molar-refractivity contribution in [2.45, 2.75) is 31.8 Å². The minimum atomic E-state index is 0.176. The van der Waals surface area contributed by atoms with E-state index in [0.29, 0.717) is 5.84 Å². The maximum Gasteiger partial charge on any atom is 0.0957 e. The maximum absolute atomic E-state index is 5.69. The van der Waals surface area contributed by atoms with E-state index in [1.165, 1.54) is 0 Å². The lowest BCUT2D eigenvalue weighted by Crippen LogP contribution is -2.29. The summed E-state index contributed by atoms with van der Waals surface area (Å²) in [5, 5.41) is 0. The number of amidine groups is 1. The fourth-order valence-electron chi connectivity index (χ4n) is 1.13. The summed E-state index contributed by atoms with van der Waals surface area (Å²) >= 11 is 0. The molecule has 2 atom stereocenters. The largest absolute Gasteiger partial charge is 0.387 e. The second-order valence-electron chi connectivity index (χ2n) is 2.46. The number of nitrogens with zero attached hydrogens (tertiary/aromatic N) is 1. The molecular weight excluding hydrogens is 114 g/mol. The van der Waals surface area contributed by atoms with E-state index < -0.39 is 0 Å². The Hall–Kier alpha value is -0.570. The first kappa shape index (κ1) is 6.55. The summed E-state index contributed by atoms with van der Waals surface area (Å²) in [6.45, 7) is 2.08. The van der Waals surface area contributed by atoms with E-state index in [-0.39, 0.29) is 12.1 Å². The van der Waals surface area contributed by atoms with Crippen LogP contribution in [0, 0.1) is 0 Å². The highest BCUT2D eigenvalue weighted by Gasteiger charge is 2.22. The van der Waals surface area contributed by atoms with Crippen LogP contribution in [-0.4, -0.2) is 17.9 Å². The van der Waals surface area contributed by atoms with E-state index in [0.717, 1.165) is 12.8 Å². The van der Waals surface area contributed by atoms with Gasteiger partial charge in [-0.05, 0) is 6.42 Å². The predicted molar refractivity (Wildman–Crippen MR) is 38.3 cm³/mol. The third kappa shape index (κ3) is 1.21. The quantitative estimate of drug-likeness (QED) is 0.514. The van der Waals surface area contributed by atoms with Crippen molar-refractivity contribution in [3.63, 3.8) is 0 Å². The molecule has 3 heteroatoms. The average Bonchev–Trinajstić information content (AvgIpc) is 2.10. The van der Waals surface area contributed by atoms with Crippen LogP contribution in [0.3, 0.4) is 0 Å². The molecule has 9 heavy (non-hydrogen) atoms. The molecule has 0 aromatic carbocycles. The Balaban J connectivity index is 2.53. The molecule has 0 aromatic heterocycles. The standard InChI is InChI=1S/C6H13N3/c1-2-5-4(7)3-6(8)9-5/h4-5H,2-3,7H2,1H3,(H2,8,9). The van der Waals surface area contributed by atoms with Crippen LogP contribution in [0.15, 0.2) is 4.99 Å². The van der Waals surface area contributed by atoms with Crippen LogP contribution in [0.5, 0.6) is 0 Å². The van der Waals surface area contributed by atoms with Crippen molar-refractivity contribution in [2.75, 3.05) is 0 Å². The number of aliphatic imine (C=N–C) groups is 1. The molecule has 2 unspecified atom stereocenters. The first-order chi connectivity index (χ1) is 4.24. The Morgan fingerprint density at radius 2 is 2.44 bits per heavy atom. The van der Waals surface area contributed by atoms with Crippen LogP contribution < -0.4 is 11.5 Å². The molecule has 0 bridgehead atoms. The van der Waals surface area contributed by atoms with Gasteiger partial charge in [-0.15, -0.1) is 0 Å². The summed E-state index contributed by atoms with van der Waals surface area (Å²) in [5.41, 5.74) is 11.1. The minimum absolute atomic E-state index is 0.176. The highest BCUT2D eigenvalue weighted by Crippen LogP contribution is 2.12. The molecular formula is C6H13N3. The first-order valence-electron chi connectivity index (χ1n) is 3.31. The van der Waals surface area contributed by atoms with Crippen molar-refractivity contribution in [1.29, 1.82) is 0 Å². The van der Waals surface area contributed by atoms with Crippen LogP contribution >= 0.6 is 0 Å². The Morgan fingerprint density at radius 3 is 2.67 bits per heavy atom. The van der Waals surface area contributed by atoms with Gasteiger partial charge in [0, 0.05) is 12.5 Å². The van der Waals surface area contributed by atoms with E-state index in [1.807, 2.05) is 0 Å². The summed E-state index contributed by atoms with van der Waals surface area (Å²) in [5.74, 6) is 0.717. The van der Waals surface area contributed by atoms with Crippen LogP contribution in [0.25, 0.3) is 0 Å². The lowest BCUT2D eigenvalue weighted by molar-refractivity contribution is 0.560. The molecule has 1 aliphatic heterocycles. The molecule has 0 fully saturated rings. The van der Waals surface area contributed by atoms with Gasteiger partial charge in [0.15, 0.2) is 0 Å². The van der Waals surface area contributed by atoms with Crippen molar-refractivity contribution in [2.24, 2.45) is 16.5 Å². The molecule has 3 nitrogen and oxygen atoms in total. The Labute approximate surface area is 55.1 Å². The second-order valence-corrected chi connectivity index (χ2v) is 2.46. The van der Waals surface area contributed by atoms with Gasteiger partial charge in [-0.2, -0.15) is 0 Å². The van der Waals surface area contributed by atoms with Crippen molar-refractivity contribution in [1.82, 2.24) is 0 Å². The van der Waals surface area contributed by atoms with Gasteiger partial charge in [-0.3, -0.25) is 4.99 Å². The molecule has 0 saturated heterocycles. The van der Waals surface area contributed by atoms with Crippen LogP contribution in [0.1, 0.15) is 19.8 Å². The van der Waals surface area contributed by atoms with Gasteiger partial charge in [0.2, 0.25) is 0 Å². The van der Waals surface area contributed by atoms with E-state index in [1.54, 1.807) is 0 Å². The first-order valence-corrected chi connectivity index (χ1v) is 3.31. The van der Waals surface area contributed by atoms with Gasteiger partial charge in [-0.1, -0.05) is 6.92 Å². The molecule has 1 rings (SSSR count). The maximum atomic E-state index is 5.69. The van der Waals surface area contributed by atoms with E-state index >= 15 is 0 Å². The van der Waals surface area contributed by atoms with E-state index in [2.05, 4.69) is 11.9 Å². The predicted octanol–water partition coefficient (Wildman–Crippen LogP) is -0.147. The lowest BCUT2D eigenvalue weighted by Gasteiger charge is -2.08. The number of hydrogen-bond donors (Lipinski definition) is 2. The summed E-state index contributed by atoms with van der Waals surface area (Å²) in [6.07, 6.45) is 1.78. The molecule has 1 aliphatic rings. The molecule has 52 valence electrons. The SMILES string of the molecule is CCC1N=C(N)CC1N. The summed E-state index contributed by atoms with van der Waals surface area (Å²) < 4.78 is 0. The second kappa shape index (κ2) is 2.35. The zero-order valence-electron chi connectivity index (χ0n) is 5.67. The molecule has 1 heterocycles. The van der Waals surface area contributed by atoms with Crippen LogP contribution in [0.2, 0.25) is 0 Å². The Kier molecular flexibility index (Phi) is 1.71.